The second-order valence-electron chi connectivity index (χ2n) is 6.77. The summed E-state index contributed by atoms with van der Waals surface area (Å²) in [4.78, 5) is 30.0. The number of nitrogens with zero attached hydrogens (tertiary/aromatic N) is 2. The van der Waals surface area contributed by atoms with Crippen molar-refractivity contribution >= 4 is 11.9 Å². The number of amides is 1. The van der Waals surface area contributed by atoms with Crippen LogP contribution in [-0.2, 0) is 4.79 Å². The van der Waals surface area contributed by atoms with Crippen molar-refractivity contribution in [2.75, 3.05) is 13.7 Å². The standard InChI is InChI=1S/C21H24N2O4/c1-27-19-8-5-15(6-9-19)16-12-17(14-22-13-16)21(26)23-11-3-2-4-18(23)7-10-20(24)25/h5-6,8-9,12-14,18H,2-4,7,10-11H2,1H3,(H,24,25). The van der Waals surface area contributed by atoms with E-state index in [1.165, 1.54) is 0 Å². The molecule has 1 atom stereocenters. The highest BCUT2D eigenvalue weighted by atomic mass is 16.5. The lowest BCUT2D eigenvalue weighted by atomic mass is 9.96. The number of hydrogen-bond donors (Lipinski definition) is 1. The van der Waals surface area contributed by atoms with E-state index in [4.69, 9.17) is 9.84 Å². The summed E-state index contributed by atoms with van der Waals surface area (Å²) in [5.41, 5.74) is 2.35. The summed E-state index contributed by atoms with van der Waals surface area (Å²) in [5.74, 6) is -0.127. The summed E-state index contributed by atoms with van der Waals surface area (Å²) < 4.78 is 5.18. The van der Waals surface area contributed by atoms with Crippen molar-refractivity contribution in [1.82, 2.24) is 9.88 Å². The first-order chi connectivity index (χ1) is 13.1. The van der Waals surface area contributed by atoms with E-state index in [-0.39, 0.29) is 18.4 Å². The monoisotopic (exact) mass is 368 g/mol. The van der Waals surface area contributed by atoms with Crippen LogP contribution in [0.15, 0.2) is 42.7 Å². The Morgan fingerprint density at radius 1 is 1.19 bits per heavy atom. The van der Waals surface area contributed by atoms with Crippen LogP contribution >= 0.6 is 0 Å². The highest BCUT2D eigenvalue weighted by Crippen LogP contribution is 2.26. The van der Waals surface area contributed by atoms with Crippen molar-refractivity contribution in [3.63, 3.8) is 0 Å². The molecule has 0 spiro atoms. The number of rotatable bonds is 6. The lowest BCUT2D eigenvalue weighted by molar-refractivity contribution is -0.137. The average molecular weight is 368 g/mol. The van der Waals surface area contributed by atoms with E-state index in [0.29, 0.717) is 18.5 Å². The van der Waals surface area contributed by atoms with Gasteiger partial charge in [-0.05, 0) is 49.4 Å². The summed E-state index contributed by atoms with van der Waals surface area (Å²) in [5, 5.41) is 8.96. The molecule has 1 fully saturated rings. The first-order valence-corrected chi connectivity index (χ1v) is 9.20. The summed E-state index contributed by atoms with van der Waals surface area (Å²) >= 11 is 0. The minimum absolute atomic E-state index is 0.0213. The molecule has 1 N–H and O–H groups in total. The van der Waals surface area contributed by atoms with Crippen molar-refractivity contribution in [3.8, 4) is 16.9 Å². The molecule has 0 bridgehead atoms. The SMILES string of the molecule is COc1ccc(-c2cncc(C(=O)N3CCCCC3CCC(=O)O)c2)cc1. The molecule has 3 rings (SSSR count). The maximum atomic E-state index is 13.1. The van der Waals surface area contributed by atoms with Gasteiger partial charge in [-0.25, -0.2) is 0 Å². The minimum atomic E-state index is -0.823. The second-order valence-corrected chi connectivity index (χ2v) is 6.77. The van der Waals surface area contributed by atoms with E-state index in [9.17, 15) is 9.59 Å². The third-order valence-electron chi connectivity index (χ3n) is 4.99. The number of carboxylic acids is 1. The number of piperidine rings is 1. The Morgan fingerprint density at radius 2 is 1.96 bits per heavy atom. The molecule has 1 saturated heterocycles. The molecule has 2 aromatic rings. The Labute approximate surface area is 158 Å². The maximum absolute atomic E-state index is 13.1. The molecule has 1 aliphatic rings. The first kappa shape index (κ1) is 18.9. The first-order valence-electron chi connectivity index (χ1n) is 9.20. The van der Waals surface area contributed by atoms with Gasteiger partial charge in [-0.2, -0.15) is 0 Å². The van der Waals surface area contributed by atoms with Gasteiger partial charge in [0.25, 0.3) is 5.91 Å². The number of aliphatic carboxylic acids is 1. The number of carbonyl (C=O) groups excluding carboxylic acids is 1. The number of methoxy groups -OCH3 is 1. The maximum Gasteiger partial charge on any atom is 0.303 e. The fraction of sp³-hybridized carbons (Fsp3) is 0.381. The highest BCUT2D eigenvalue weighted by Gasteiger charge is 2.28. The topological polar surface area (TPSA) is 79.7 Å². The summed E-state index contributed by atoms with van der Waals surface area (Å²) in [6, 6.07) is 9.43. The van der Waals surface area contributed by atoms with Gasteiger partial charge in [-0.1, -0.05) is 12.1 Å². The van der Waals surface area contributed by atoms with Crippen LogP contribution in [0.2, 0.25) is 0 Å². The fourth-order valence-electron chi connectivity index (χ4n) is 3.52. The van der Waals surface area contributed by atoms with Gasteiger partial charge in [-0.3, -0.25) is 14.6 Å². The summed E-state index contributed by atoms with van der Waals surface area (Å²) in [7, 11) is 1.62. The van der Waals surface area contributed by atoms with E-state index in [1.54, 1.807) is 19.5 Å². The fourth-order valence-corrected chi connectivity index (χ4v) is 3.52. The largest absolute Gasteiger partial charge is 0.497 e. The van der Waals surface area contributed by atoms with Crippen molar-refractivity contribution in [1.29, 1.82) is 0 Å². The molecule has 142 valence electrons. The third-order valence-corrected chi connectivity index (χ3v) is 4.99. The van der Waals surface area contributed by atoms with E-state index in [2.05, 4.69) is 4.98 Å². The lowest BCUT2D eigenvalue weighted by Crippen LogP contribution is -2.44. The quantitative estimate of drug-likeness (QED) is 0.842. The smallest absolute Gasteiger partial charge is 0.303 e. The zero-order chi connectivity index (χ0) is 19.2. The second kappa shape index (κ2) is 8.66. The lowest BCUT2D eigenvalue weighted by Gasteiger charge is -2.35. The predicted molar refractivity (Wildman–Crippen MR) is 102 cm³/mol. The summed E-state index contributed by atoms with van der Waals surface area (Å²) in [6.07, 6.45) is 6.71. The molecule has 1 aromatic carbocycles. The molecule has 2 heterocycles. The zero-order valence-corrected chi connectivity index (χ0v) is 15.4. The van der Waals surface area contributed by atoms with Gasteiger partial charge in [0, 0.05) is 37.0 Å². The number of likely N-dealkylation sites (tertiary alicyclic amines) is 1. The minimum Gasteiger partial charge on any atom is -0.497 e. The van der Waals surface area contributed by atoms with Crippen LogP contribution in [-0.4, -0.2) is 46.6 Å². The average Bonchev–Trinajstić information content (AvgIpc) is 2.72. The number of aromatic nitrogens is 1. The Balaban J connectivity index is 1.79. The highest BCUT2D eigenvalue weighted by molar-refractivity contribution is 5.95. The number of benzene rings is 1. The van der Waals surface area contributed by atoms with Gasteiger partial charge in [0.1, 0.15) is 5.75 Å². The van der Waals surface area contributed by atoms with Crippen LogP contribution in [0, 0.1) is 0 Å². The van der Waals surface area contributed by atoms with E-state index < -0.39 is 5.97 Å². The van der Waals surface area contributed by atoms with Crippen molar-refractivity contribution in [2.45, 2.75) is 38.1 Å². The molecule has 1 amide bonds. The molecule has 1 aromatic heterocycles. The normalized spacial score (nSPS) is 16.8. The van der Waals surface area contributed by atoms with Gasteiger partial charge in [0.15, 0.2) is 0 Å². The predicted octanol–water partition coefficient (Wildman–Crippen LogP) is 3.62. The van der Waals surface area contributed by atoms with Crippen LogP contribution in [0.1, 0.15) is 42.5 Å². The van der Waals surface area contributed by atoms with Crippen molar-refractivity contribution < 1.29 is 19.4 Å². The Hall–Kier alpha value is -2.89. The Bertz CT molecular complexity index is 804. The van der Waals surface area contributed by atoms with Gasteiger partial charge in [0.2, 0.25) is 0 Å². The van der Waals surface area contributed by atoms with Crippen molar-refractivity contribution in [2.24, 2.45) is 0 Å². The molecule has 0 aliphatic carbocycles. The van der Waals surface area contributed by atoms with Crippen LogP contribution in [0.25, 0.3) is 11.1 Å². The number of carbonyl (C=O) groups is 2. The molecule has 1 unspecified atom stereocenters. The molecule has 27 heavy (non-hydrogen) atoms. The molecule has 0 saturated carbocycles. The van der Waals surface area contributed by atoms with E-state index >= 15 is 0 Å². The van der Waals surface area contributed by atoms with Gasteiger partial charge >= 0.3 is 5.97 Å². The van der Waals surface area contributed by atoms with Gasteiger partial charge in [-0.15, -0.1) is 0 Å². The molecular formula is C21H24N2O4. The Morgan fingerprint density at radius 3 is 2.67 bits per heavy atom. The van der Waals surface area contributed by atoms with Crippen LogP contribution in [0.5, 0.6) is 5.75 Å². The third kappa shape index (κ3) is 4.64. The van der Waals surface area contributed by atoms with Crippen molar-refractivity contribution in [3.05, 3.63) is 48.3 Å². The number of carboxylic acid groups (broad SMARTS) is 1. The number of ether oxygens (including phenoxy) is 1. The van der Waals surface area contributed by atoms with Crippen LogP contribution in [0.3, 0.4) is 0 Å². The number of hydrogen-bond acceptors (Lipinski definition) is 4. The molecule has 6 heteroatoms. The zero-order valence-electron chi connectivity index (χ0n) is 15.4. The van der Waals surface area contributed by atoms with Crippen LogP contribution in [0.4, 0.5) is 0 Å². The molecule has 6 nitrogen and oxygen atoms in total. The van der Waals surface area contributed by atoms with Gasteiger partial charge in [0.05, 0.1) is 12.7 Å². The molecule has 1 aliphatic heterocycles. The summed E-state index contributed by atoms with van der Waals surface area (Å²) in [6.45, 7) is 0.663. The number of pyridine rings is 1. The van der Waals surface area contributed by atoms with Gasteiger partial charge < -0.3 is 14.7 Å². The molecular weight excluding hydrogens is 344 g/mol. The van der Waals surface area contributed by atoms with E-state index in [0.717, 1.165) is 36.1 Å². The van der Waals surface area contributed by atoms with Crippen LogP contribution < -0.4 is 4.74 Å². The van der Waals surface area contributed by atoms with E-state index in [1.807, 2.05) is 35.2 Å². The molecule has 0 radical (unpaired) electrons. The Kier molecular flexibility index (Phi) is 6.06.